The van der Waals surface area contributed by atoms with Crippen LogP contribution in [0.5, 0.6) is 0 Å². The standard InChI is InChI=1S/C20H19N3O3/c1-20(9-12-4-2-3-5-13(12)10-20)19-22-17(23-26-19)15-8-14-11-25-7-6-16(14)21-18(15)24/h2-5,8H,6-7,9-11H2,1H3,(H,21,24). The molecule has 2 aromatic heterocycles. The summed E-state index contributed by atoms with van der Waals surface area (Å²) in [5.74, 6) is 0.920. The van der Waals surface area contributed by atoms with Gasteiger partial charge < -0.3 is 14.2 Å². The maximum atomic E-state index is 12.5. The zero-order chi connectivity index (χ0) is 17.7. The first kappa shape index (κ1) is 15.5. The molecular weight excluding hydrogens is 330 g/mol. The van der Waals surface area contributed by atoms with Gasteiger partial charge >= 0.3 is 0 Å². The number of ether oxygens (including phenoxy) is 1. The van der Waals surface area contributed by atoms with Crippen molar-refractivity contribution in [3.63, 3.8) is 0 Å². The molecule has 3 heterocycles. The molecule has 0 radical (unpaired) electrons. The topological polar surface area (TPSA) is 81.0 Å². The second kappa shape index (κ2) is 5.64. The van der Waals surface area contributed by atoms with Gasteiger partial charge in [-0.25, -0.2) is 0 Å². The van der Waals surface area contributed by atoms with Crippen LogP contribution in [-0.4, -0.2) is 21.7 Å². The summed E-state index contributed by atoms with van der Waals surface area (Å²) in [7, 11) is 0. The lowest BCUT2D eigenvalue weighted by molar-refractivity contribution is 0.109. The lowest BCUT2D eigenvalue weighted by Crippen LogP contribution is -2.23. The smallest absolute Gasteiger partial charge is 0.259 e. The third-order valence-corrected chi connectivity index (χ3v) is 5.43. The predicted octanol–water partition coefficient (Wildman–Crippen LogP) is 2.55. The summed E-state index contributed by atoms with van der Waals surface area (Å²) in [6.07, 6.45) is 2.44. The molecule has 26 heavy (non-hydrogen) atoms. The number of nitrogens with zero attached hydrogens (tertiary/aromatic N) is 2. The van der Waals surface area contributed by atoms with Crippen molar-refractivity contribution in [2.45, 2.75) is 38.2 Å². The van der Waals surface area contributed by atoms with Gasteiger partial charge in [0.25, 0.3) is 5.56 Å². The molecule has 0 amide bonds. The number of H-pyrrole nitrogens is 1. The Kier molecular flexibility index (Phi) is 3.37. The molecule has 1 N–H and O–H groups in total. The first-order chi connectivity index (χ1) is 12.6. The van der Waals surface area contributed by atoms with Gasteiger partial charge in [0.15, 0.2) is 0 Å². The molecule has 6 heteroatoms. The number of fused-ring (bicyclic) bond motifs is 2. The molecule has 0 saturated heterocycles. The lowest BCUT2D eigenvalue weighted by Gasteiger charge is -2.17. The molecule has 3 aromatic rings. The van der Waals surface area contributed by atoms with E-state index in [1.165, 1.54) is 11.1 Å². The van der Waals surface area contributed by atoms with Gasteiger partial charge in [0, 0.05) is 12.1 Å². The van der Waals surface area contributed by atoms with Crippen LogP contribution in [0.2, 0.25) is 0 Å². The van der Waals surface area contributed by atoms with Gasteiger partial charge in [-0.1, -0.05) is 36.3 Å². The van der Waals surface area contributed by atoms with Crippen molar-refractivity contribution in [2.75, 3.05) is 6.61 Å². The van der Waals surface area contributed by atoms with Gasteiger partial charge in [-0.15, -0.1) is 0 Å². The molecule has 132 valence electrons. The van der Waals surface area contributed by atoms with Crippen molar-refractivity contribution in [1.82, 2.24) is 15.1 Å². The molecular formula is C20H19N3O3. The fourth-order valence-electron chi connectivity index (χ4n) is 4.02. The Morgan fingerprint density at radius 1 is 1.15 bits per heavy atom. The summed E-state index contributed by atoms with van der Waals surface area (Å²) >= 11 is 0. The monoisotopic (exact) mass is 349 g/mol. The van der Waals surface area contributed by atoms with E-state index in [1.54, 1.807) is 0 Å². The number of hydrogen-bond donors (Lipinski definition) is 1. The predicted molar refractivity (Wildman–Crippen MR) is 94.9 cm³/mol. The molecule has 0 fully saturated rings. The highest BCUT2D eigenvalue weighted by atomic mass is 16.5. The molecule has 0 spiro atoms. The second-order valence-corrected chi connectivity index (χ2v) is 7.42. The molecule has 1 aliphatic heterocycles. The van der Waals surface area contributed by atoms with Crippen LogP contribution in [0.3, 0.4) is 0 Å². The van der Waals surface area contributed by atoms with Gasteiger partial charge in [0.2, 0.25) is 11.7 Å². The SMILES string of the molecule is CC1(c2nc(-c3cc4c([nH]c3=O)CCOC4)no2)Cc2ccccc2C1. The van der Waals surface area contributed by atoms with Gasteiger partial charge in [0.05, 0.1) is 24.2 Å². The van der Waals surface area contributed by atoms with Crippen LogP contribution in [0.1, 0.15) is 35.2 Å². The first-order valence-corrected chi connectivity index (χ1v) is 8.87. The van der Waals surface area contributed by atoms with Gasteiger partial charge in [-0.2, -0.15) is 4.98 Å². The van der Waals surface area contributed by atoms with Crippen LogP contribution in [0.4, 0.5) is 0 Å². The number of aromatic amines is 1. The highest BCUT2D eigenvalue weighted by Crippen LogP contribution is 2.39. The molecule has 1 aliphatic carbocycles. The maximum absolute atomic E-state index is 12.5. The van der Waals surface area contributed by atoms with Crippen molar-refractivity contribution >= 4 is 0 Å². The van der Waals surface area contributed by atoms with Gasteiger partial charge in [0.1, 0.15) is 0 Å². The molecule has 0 saturated carbocycles. The molecule has 1 aromatic carbocycles. The van der Waals surface area contributed by atoms with Gasteiger partial charge in [-0.05, 0) is 35.6 Å². The van der Waals surface area contributed by atoms with Crippen LogP contribution in [-0.2, 0) is 36.0 Å². The van der Waals surface area contributed by atoms with E-state index in [4.69, 9.17) is 9.26 Å². The molecule has 0 bridgehead atoms. The Hall–Kier alpha value is -2.73. The average molecular weight is 349 g/mol. The fraction of sp³-hybridized carbons (Fsp3) is 0.350. The highest BCUT2D eigenvalue weighted by Gasteiger charge is 2.39. The maximum Gasteiger partial charge on any atom is 0.259 e. The van der Waals surface area contributed by atoms with E-state index < -0.39 is 0 Å². The van der Waals surface area contributed by atoms with Crippen LogP contribution < -0.4 is 5.56 Å². The summed E-state index contributed by atoms with van der Waals surface area (Å²) in [5, 5.41) is 4.10. The molecule has 0 atom stereocenters. The molecule has 0 unspecified atom stereocenters. The van der Waals surface area contributed by atoms with Crippen LogP contribution in [0, 0.1) is 0 Å². The van der Waals surface area contributed by atoms with Crippen molar-refractivity contribution in [3.8, 4) is 11.4 Å². The molecule has 6 nitrogen and oxygen atoms in total. The van der Waals surface area contributed by atoms with E-state index in [0.29, 0.717) is 30.5 Å². The number of aromatic nitrogens is 3. The minimum Gasteiger partial charge on any atom is -0.376 e. The van der Waals surface area contributed by atoms with E-state index in [2.05, 4.69) is 46.3 Å². The van der Waals surface area contributed by atoms with E-state index >= 15 is 0 Å². The number of rotatable bonds is 2. The quantitative estimate of drug-likeness (QED) is 0.769. The van der Waals surface area contributed by atoms with E-state index in [1.807, 2.05) is 6.07 Å². The summed E-state index contributed by atoms with van der Waals surface area (Å²) in [6.45, 7) is 3.26. The van der Waals surface area contributed by atoms with Crippen molar-refractivity contribution in [1.29, 1.82) is 0 Å². The number of hydrogen-bond acceptors (Lipinski definition) is 5. The van der Waals surface area contributed by atoms with Crippen molar-refractivity contribution < 1.29 is 9.26 Å². The number of benzene rings is 1. The summed E-state index contributed by atoms with van der Waals surface area (Å²) < 4.78 is 11.1. The van der Waals surface area contributed by atoms with Crippen LogP contribution >= 0.6 is 0 Å². The minimum atomic E-state index is -0.237. The average Bonchev–Trinajstić information content (AvgIpc) is 3.26. The fourth-order valence-corrected chi connectivity index (χ4v) is 4.02. The zero-order valence-corrected chi connectivity index (χ0v) is 14.5. The third kappa shape index (κ3) is 2.41. The summed E-state index contributed by atoms with van der Waals surface area (Å²) in [6, 6.07) is 10.2. The summed E-state index contributed by atoms with van der Waals surface area (Å²) in [4.78, 5) is 20.0. The Morgan fingerprint density at radius 3 is 2.69 bits per heavy atom. The van der Waals surface area contributed by atoms with E-state index in [0.717, 1.165) is 30.5 Å². The highest BCUT2D eigenvalue weighted by molar-refractivity contribution is 5.55. The Balaban J connectivity index is 1.51. The summed E-state index contributed by atoms with van der Waals surface area (Å²) in [5.41, 5.74) is 4.57. The largest absolute Gasteiger partial charge is 0.376 e. The number of pyridine rings is 1. The first-order valence-electron chi connectivity index (χ1n) is 8.87. The van der Waals surface area contributed by atoms with Crippen molar-refractivity contribution in [3.05, 3.63) is 69.0 Å². The zero-order valence-electron chi connectivity index (χ0n) is 14.5. The van der Waals surface area contributed by atoms with E-state index in [9.17, 15) is 4.79 Å². The Labute approximate surface area is 150 Å². The van der Waals surface area contributed by atoms with Crippen LogP contribution in [0.15, 0.2) is 39.6 Å². The van der Waals surface area contributed by atoms with Crippen LogP contribution in [0.25, 0.3) is 11.4 Å². The van der Waals surface area contributed by atoms with Crippen molar-refractivity contribution in [2.24, 2.45) is 0 Å². The molecule has 5 rings (SSSR count). The van der Waals surface area contributed by atoms with E-state index in [-0.39, 0.29) is 11.0 Å². The third-order valence-electron chi connectivity index (χ3n) is 5.43. The Bertz CT molecular complexity index is 1030. The molecule has 2 aliphatic rings. The lowest BCUT2D eigenvalue weighted by atomic mass is 9.87. The minimum absolute atomic E-state index is 0.183. The normalized spacial score (nSPS) is 17.7. The second-order valence-electron chi connectivity index (χ2n) is 7.42. The Morgan fingerprint density at radius 2 is 1.92 bits per heavy atom. The number of nitrogens with one attached hydrogen (secondary N) is 1. The van der Waals surface area contributed by atoms with Gasteiger partial charge in [-0.3, -0.25) is 4.79 Å².